The van der Waals surface area contributed by atoms with E-state index in [1.165, 1.54) is 6.33 Å². The van der Waals surface area contributed by atoms with Crippen LogP contribution in [0.1, 0.15) is 44.0 Å². The minimum absolute atomic E-state index is 0.436. The predicted octanol–water partition coefficient (Wildman–Crippen LogP) is 2.78. The second-order valence-electron chi connectivity index (χ2n) is 6.59. The number of hydrogen-bond acceptors (Lipinski definition) is 7. The van der Waals surface area contributed by atoms with Crippen molar-refractivity contribution in [2.45, 2.75) is 39.5 Å². The molecule has 1 fully saturated rings. The van der Waals surface area contributed by atoms with Gasteiger partial charge in [-0.15, -0.1) is 0 Å². The summed E-state index contributed by atoms with van der Waals surface area (Å²) in [6.45, 7) is 6.95. The van der Waals surface area contributed by atoms with Gasteiger partial charge in [-0.05, 0) is 25.7 Å². The van der Waals surface area contributed by atoms with Gasteiger partial charge >= 0.3 is 0 Å². The van der Waals surface area contributed by atoms with Gasteiger partial charge in [-0.25, -0.2) is 19.9 Å². The average Bonchev–Trinajstić information content (AvgIpc) is 3.40. The van der Waals surface area contributed by atoms with Crippen molar-refractivity contribution in [1.29, 1.82) is 0 Å². The van der Waals surface area contributed by atoms with Crippen LogP contribution in [-0.4, -0.2) is 33.6 Å². The molecule has 128 valence electrons. The fourth-order valence-electron chi connectivity index (χ4n) is 2.54. The Labute approximate surface area is 142 Å². The lowest BCUT2D eigenvalue weighted by molar-refractivity contribution is 0.397. The first kappa shape index (κ1) is 16.4. The molecule has 0 radical (unpaired) electrons. The number of nitrogen functional groups attached to an aromatic ring is 1. The highest BCUT2D eigenvalue weighted by atomic mass is 16.5. The molecule has 0 spiro atoms. The Kier molecular flexibility index (Phi) is 4.51. The molecule has 0 bridgehead atoms. The summed E-state index contributed by atoms with van der Waals surface area (Å²) in [6, 6.07) is 0. The van der Waals surface area contributed by atoms with Crippen LogP contribution in [0.5, 0.6) is 5.88 Å². The molecular formula is C17H24N6O. The fourth-order valence-corrected chi connectivity index (χ4v) is 2.54. The molecule has 0 amide bonds. The maximum atomic E-state index is 6.15. The van der Waals surface area contributed by atoms with Crippen LogP contribution < -0.4 is 15.8 Å². The van der Waals surface area contributed by atoms with Gasteiger partial charge < -0.3 is 15.8 Å². The summed E-state index contributed by atoms with van der Waals surface area (Å²) in [7, 11) is 1.60. The highest BCUT2D eigenvalue weighted by Gasteiger charge is 2.31. The van der Waals surface area contributed by atoms with Crippen molar-refractivity contribution in [2.24, 2.45) is 5.92 Å². The van der Waals surface area contributed by atoms with Crippen LogP contribution in [0.2, 0.25) is 0 Å². The summed E-state index contributed by atoms with van der Waals surface area (Å²) in [6.07, 6.45) is 3.79. The van der Waals surface area contributed by atoms with E-state index in [-0.39, 0.29) is 0 Å². The number of nitrogens with two attached hydrogens (primary N) is 1. The molecule has 24 heavy (non-hydrogen) atoms. The van der Waals surface area contributed by atoms with Crippen LogP contribution in [0, 0.1) is 12.8 Å². The lowest BCUT2D eigenvalue weighted by atomic mass is 10.1. The van der Waals surface area contributed by atoms with Crippen molar-refractivity contribution < 1.29 is 4.74 Å². The zero-order valence-corrected chi connectivity index (χ0v) is 14.6. The SMILES string of the molecule is COc1ncnc(C2CC2)c1-c1nc(C)c(N)c(NCC(C)C)n1. The minimum Gasteiger partial charge on any atom is -0.480 e. The first-order valence-electron chi connectivity index (χ1n) is 8.28. The van der Waals surface area contributed by atoms with Gasteiger partial charge in [0.15, 0.2) is 11.6 Å². The standard InChI is InChI=1S/C17H24N6O/c1-9(2)7-19-16-13(18)10(3)22-15(23-16)12-14(11-5-6-11)20-8-21-17(12)24-4/h8-9,11H,5-7,18H2,1-4H3,(H,19,22,23). The van der Waals surface area contributed by atoms with Crippen LogP contribution in [0.3, 0.4) is 0 Å². The molecule has 3 N–H and O–H groups in total. The molecule has 1 saturated carbocycles. The number of nitrogens with zero attached hydrogens (tertiary/aromatic N) is 4. The zero-order valence-electron chi connectivity index (χ0n) is 14.6. The van der Waals surface area contributed by atoms with Crippen molar-refractivity contribution >= 4 is 11.5 Å². The van der Waals surface area contributed by atoms with Crippen molar-refractivity contribution in [3.8, 4) is 17.3 Å². The molecule has 7 nitrogen and oxygen atoms in total. The quantitative estimate of drug-likeness (QED) is 0.841. The molecule has 3 rings (SSSR count). The fraction of sp³-hybridized carbons (Fsp3) is 0.529. The Bertz CT molecular complexity index is 742. The molecule has 0 aliphatic heterocycles. The minimum atomic E-state index is 0.436. The highest BCUT2D eigenvalue weighted by Crippen LogP contribution is 2.45. The Morgan fingerprint density at radius 3 is 2.67 bits per heavy atom. The van der Waals surface area contributed by atoms with Gasteiger partial charge in [-0.2, -0.15) is 0 Å². The van der Waals surface area contributed by atoms with Crippen molar-refractivity contribution in [2.75, 3.05) is 24.7 Å². The van der Waals surface area contributed by atoms with Crippen LogP contribution in [0.4, 0.5) is 11.5 Å². The molecular weight excluding hydrogens is 304 g/mol. The number of aromatic nitrogens is 4. The lowest BCUT2D eigenvalue weighted by Gasteiger charge is -2.15. The topological polar surface area (TPSA) is 98.8 Å². The summed E-state index contributed by atoms with van der Waals surface area (Å²) in [4.78, 5) is 17.9. The van der Waals surface area contributed by atoms with E-state index in [1.807, 2.05) is 6.92 Å². The molecule has 7 heteroatoms. The summed E-state index contributed by atoms with van der Waals surface area (Å²) >= 11 is 0. The van der Waals surface area contributed by atoms with Gasteiger partial charge in [0, 0.05) is 12.5 Å². The van der Waals surface area contributed by atoms with Gasteiger partial charge in [-0.3, -0.25) is 0 Å². The van der Waals surface area contributed by atoms with Crippen LogP contribution in [-0.2, 0) is 0 Å². The van der Waals surface area contributed by atoms with Crippen LogP contribution in [0.15, 0.2) is 6.33 Å². The van der Waals surface area contributed by atoms with E-state index in [9.17, 15) is 0 Å². The van der Waals surface area contributed by atoms with Crippen molar-refractivity contribution in [1.82, 2.24) is 19.9 Å². The van der Waals surface area contributed by atoms with Crippen molar-refractivity contribution in [3.05, 3.63) is 17.7 Å². The second-order valence-corrected chi connectivity index (χ2v) is 6.59. The third kappa shape index (κ3) is 3.25. The van der Waals surface area contributed by atoms with Crippen LogP contribution in [0.25, 0.3) is 11.4 Å². The number of aryl methyl sites for hydroxylation is 1. The predicted molar refractivity (Wildman–Crippen MR) is 94.1 cm³/mol. The lowest BCUT2D eigenvalue weighted by Crippen LogP contribution is -2.13. The Morgan fingerprint density at radius 1 is 1.29 bits per heavy atom. The third-order valence-corrected chi connectivity index (χ3v) is 4.04. The normalized spacial score (nSPS) is 14.0. The number of ether oxygens (including phenoxy) is 1. The molecule has 0 saturated heterocycles. The monoisotopic (exact) mass is 328 g/mol. The molecule has 2 aromatic heterocycles. The summed E-state index contributed by atoms with van der Waals surface area (Å²) in [5, 5.41) is 3.31. The van der Waals surface area contributed by atoms with Gasteiger partial charge in [-0.1, -0.05) is 13.8 Å². The van der Waals surface area contributed by atoms with Gasteiger partial charge in [0.1, 0.15) is 11.9 Å². The Hall–Kier alpha value is -2.44. The van der Waals surface area contributed by atoms with E-state index in [0.717, 1.165) is 36.3 Å². The van der Waals surface area contributed by atoms with Gasteiger partial charge in [0.2, 0.25) is 5.88 Å². The molecule has 2 heterocycles. The Balaban J connectivity index is 2.09. The van der Waals surface area contributed by atoms with Crippen LogP contribution >= 0.6 is 0 Å². The first-order chi connectivity index (χ1) is 11.5. The number of methoxy groups -OCH3 is 1. The average molecular weight is 328 g/mol. The number of rotatable bonds is 6. The van der Waals surface area contributed by atoms with Gasteiger partial charge in [0.25, 0.3) is 0 Å². The number of nitrogens with one attached hydrogen (secondary N) is 1. The highest BCUT2D eigenvalue weighted by molar-refractivity contribution is 5.72. The maximum Gasteiger partial charge on any atom is 0.227 e. The smallest absolute Gasteiger partial charge is 0.227 e. The Morgan fingerprint density at radius 2 is 2.04 bits per heavy atom. The molecule has 0 aromatic carbocycles. The number of hydrogen-bond donors (Lipinski definition) is 2. The van der Waals surface area contributed by atoms with E-state index >= 15 is 0 Å². The largest absolute Gasteiger partial charge is 0.480 e. The zero-order chi connectivity index (χ0) is 17.3. The van der Waals surface area contributed by atoms with E-state index in [1.54, 1.807) is 7.11 Å². The summed E-state index contributed by atoms with van der Waals surface area (Å²) in [5.74, 6) is 2.64. The van der Waals surface area contributed by atoms with E-state index in [4.69, 9.17) is 10.5 Å². The van der Waals surface area contributed by atoms with Gasteiger partial charge in [0.05, 0.1) is 24.2 Å². The molecule has 0 atom stereocenters. The number of anilines is 2. The first-order valence-corrected chi connectivity index (χ1v) is 8.28. The molecule has 1 aliphatic carbocycles. The molecule has 0 unspecified atom stereocenters. The van der Waals surface area contributed by atoms with E-state index in [0.29, 0.717) is 35.0 Å². The summed E-state index contributed by atoms with van der Waals surface area (Å²) in [5.41, 5.74) is 9.19. The molecule has 2 aromatic rings. The third-order valence-electron chi connectivity index (χ3n) is 4.04. The maximum absolute atomic E-state index is 6.15. The van der Waals surface area contributed by atoms with Crippen molar-refractivity contribution in [3.63, 3.8) is 0 Å². The summed E-state index contributed by atoms with van der Waals surface area (Å²) < 4.78 is 5.44. The van der Waals surface area contributed by atoms with E-state index < -0.39 is 0 Å². The molecule has 1 aliphatic rings. The second kappa shape index (κ2) is 6.59. The van der Waals surface area contributed by atoms with E-state index in [2.05, 4.69) is 39.1 Å².